The van der Waals surface area contributed by atoms with Gasteiger partial charge in [-0.2, -0.15) is 0 Å². The van der Waals surface area contributed by atoms with Crippen molar-refractivity contribution in [1.82, 2.24) is 0 Å². The van der Waals surface area contributed by atoms with E-state index >= 15 is 0 Å². The average Bonchev–Trinajstić information content (AvgIpc) is 2.78. The van der Waals surface area contributed by atoms with E-state index in [0.717, 1.165) is 10.5 Å². The van der Waals surface area contributed by atoms with Crippen molar-refractivity contribution >= 4 is 35.0 Å². The Morgan fingerprint density at radius 2 is 2.20 bits per heavy atom. The van der Waals surface area contributed by atoms with Crippen molar-refractivity contribution in [2.45, 2.75) is 17.6 Å². The van der Waals surface area contributed by atoms with Gasteiger partial charge in [0.15, 0.2) is 0 Å². The summed E-state index contributed by atoms with van der Waals surface area (Å²) < 4.78 is 10.1. The van der Waals surface area contributed by atoms with Gasteiger partial charge in [-0.1, -0.05) is 11.6 Å². The third-order valence-electron chi connectivity index (χ3n) is 2.68. The largest absolute Gasteiger partial charge is 0.463 e. The van der Waals surface area contributed by atoms with Crippen molar-refractivity contribution in [3.8, 4) is 0 Å². The zero-order chi connectivity index (χ0) is 14.7. The van der Waals surface area contributed by atoms with E-state index in [0.29, 0.717) is 22.2 Å². The minimum absolute atomic E-state index is 0.243. The summed E-state index contributed by atoms with van der Waals surface area (Å²) in [5.74, 6) is 1.04. The number of rotatable bonds is 4. The quantitative estimate of drug-likeness (QED) is 0.527. The van der Waals surface area contributed by atoms with Crippen molar-refractivity contribution in [1.29, 1.82) is 0 Å². The van der Waals surface area contributed by atoms with Crippen LogP contribution in [-0.2, 0) is 10.5 Å². The van der Waals surface area contributed by atoms with E-state index in [1.165, 1.54) is 18.9 Å². The number of thioether (sulfide) groups is 1. The van der Waals surface area contributed by atoms with Gasteiger partial charge in [0.1, 0.15) is 5.76 Å². The zero-order valence-electron chi connectivity index (χ0n) is 11.1. The number of esters is 1. The van der Waals surface area contributed by atoms with Crippen LogP contribution in [0.1, 0.15) is 21.9 Å². The Hall–Kier alpha value is -1.59. The number of anilines is 1. The highest BCUT2D eigenvalue weighted by atomic mass is 35.5. The Balaban J connectivity index is 2.09. The number of carbonyl (C=O) groups excluding carboxylic acids is 1. The van der Waals surface area contributed by atoms with E-state index in [1.807, 2.05) is 12.1 Å². The van der Waals surface area contributed by atoms with Crippen molar-refractivity contribution in [3.05, 3.63) is 46.4 Å². The lowest BCUT2D eigenvalue weighted by atomic mass is 10.3. The third-order valence-corrected chi connectivity index (χ3v) is 4.03. The molecule has 1 aromatic carbocycles. The summed E-state index contributed by atoms with van der Waals surface area (Å²) >= 11 is 7.37. The van der Waals surface area contributed by atoms with Crippen LogP contribution in [0.15, 0.2) is 33.6 Å². The van der Waals surface area contributed by atoms with Gasteiger partial charge in [0.05, 0.1) is 12.9 Å². The van der Waals surface area contributed by atoms with Gasteiger partial charge in [0.25, 0.3) is 0 Å². The number of halogens is 1. The molecule has 2 rings (SSSR count). The first-order chi connectivity index (χ1) is 9.51. The Bertz CT molecular complexity index is 639. The van der Waals surface area contributed by atoms with Gasteiger partial charge >= 0.3 is 5.97 Å². The molecule has 106 valence electrons. The molecule has 0 amide bonds. The highest BCUT2D eigenvalue weighted by molar-refractivity contribution is 7.98. The second-order valence-corrected chi connectivity index (χ2v) is 5.64. The molecule has 0 fully saturated rings. The summed E-state index contributed by atoms with van der Waals surface area (Å²) in [6.45, 7) is 1.81. The maximum atomic E-state index is 11.5. The molecule has 0 aliphatic rings. The smallest absolute Gasteiger partial charge is 0.374 e. The lowest BCUT2D eigenvalue weighted by Crippen LogP contribution is -2.00. The number of nitrogens with two attached hydrogens (primary N) is 1. The van der Waals surface area contributed by atoms with E-state index < -0.39 is 5.97 Å². The Morgan fingerprint density at radius 1 is 1.45 bits per heavy atom. The van der Waals surface area contributed by atoms with Crippen LogP contribution in [0.4, 0.5) is 5.69 Å². The van der Waals surface area contributed by atoms with Crippen LogP contribution < -0.4 is 5.73 Å². The fraction of sp³-hybridized carbons (Fsp3) is 0.214. The number of furan rings is 1. The predicted octanol–water partition coefficient (Wildman–Crippen LogP) is 3.90. The summed E-state index contributed by atoms with van der Waals surface area (Å²) in [5, 5.41) is 0.605. The van der Waals surface area contributed by atoms with Gasteiger partial charge in [-0.15, -0.1) is 11.8 Å². The van der Waals surface area contributed by atoms with E-state index in [9.17, 15) is 4.79 Å². The first-order valence-electron chi connectivity index (χ1n) is 5.86. The highest BCUT2D eigenvalue weighted by Crippen LogP contribution is 2.31. The van der Waals surface area contributed by atoms with Crippen molar-refractivity contribution in [2.24, 2.45) is 0 Å². The highest BCUT2D eigenvalue weighted by Gasteiger charge is 2.16. The Labute approximate surface area is 126 Å². The molecule has 2 N–H and O–H groups in total. The fourth-order valence-corrected chi connectivity index (χ4v) is 2.72. The number of benzene rings is 1. The molecule has 6 heteroatoms. The Kier molecular flexibility index (Phi) is 4.62. The number of aryl methyl sites for hydroxylation is 1. The molecule has 4 nitrogen and oxygen atoms in total. The zero-order valence-corrected chi connectivity index (χ0v) is 12.7. The number of nitrogen functional groups attached to an aromatic ring is 1. The number of ether oxygens (including phenoxy) is 1. The van der Waals surface area contributed by atoms with Gasteiger partial charge < -0.3 is 14.9 Å². The van der Waals surface area contributed by atoms with Crippen molar-refractivity contribution < 1.29 is 13.9 Å². The molecule has 20 heavy (non-hydrogen) atoms. The van der Waals surface area contributed by atoms with E-state index in [2.05, 4.69) is 4.74 Å². The average molecular weight is 312 g/mol. The molecule has 0 aliphatic carbocycles. The second kappa shape index (κ2) is 6.24. The lowest BCUT2D eigenvalue weighted by Gasteiger charge is -2.04. The Morgan fingerprint density at radius 3 is 2.85 bits per heavy atom. The number of hydrogen-bond acceptors (Lipinski definition) is 5. The summed E-state index contributed by atoms with van der Waals surface area (Å²) in [4.78, 5) is 12.4. The van der Waals surface area contributed by atoms with Crippen LogP contribution in [0.2, 0.25) is 5.02 Å². The molecule has 1 aromatic heterocycles. The molecular weight excluding hydrogens is 298 g/mol. The molecule has 2 aromatic rings. The van der Waals surface area contributed by atoms with Gasteiger partial charge in [0, 0.05) is 21.2 Å². The SMILES string of the molecule is COC(=O)c1oc(CSc2ccc(Cl)cc2N)cc1C. The maximum absolute atomic E-state index is 11.5. The van der Waals surface area contributed by atoms with Crippen molar-refractivity contribution in [2.75, 3.05) is 12.8 Å². The molecule has 0 unspecified atom stereocenters. The normalized spacial score (nSPS) is 10.6. The number of hydrogen-bond donors (Lipinski definition) is 1. The minimum Gasteiger partial charge on any atom is -0.463 e. The molecule has 0 bridgehead atoms. The van der Waals surface area contributed by atoms with Crippen molar-refractivity contribution in [3.63, 3.8) is 0 Å². The summed E-state index contributed by atoms with van der Waals surface area (Å²) in [5.41, 5.74) is 7.27. The fourth-order valence-electron chi connectivity index (χ4n) is 1.71. The first-order valence-corrected chi connectivity index (χ1v) is 7.23. The van der Waals surface area contributed by atoms with Crippen LogP contribution in [-0.4, -0.2) is 13.1 Å². The van der Waals surface area contributed by atoms with Crippen LogP contribution >= 0.6 is 23.4 Å². The monoisotopic (exact) mass is 311 g/mol. The van der Waals surface area contributed by atoms with E-state index in [-0.39, 0.29) is 5.76 Å². The molecule has 1 heterocycles. The van der Waals surface area contributed by atoms with Crippen LogP contribution in [0, 0.1) is 6.92 Å². The molecule has 0 aliphatic heterocycles. The van der Waals surface area contributed by atoms with E-state index in [1.54, 1.807) is 19.1 Å². The molecule has 0 atom stereocenters. The molecule has 0 saturated carbocycles. The summed E-state index contributed by atoms with van der Waals surface area (Å²) in [7, 11) is 1.33. The summed E-state index contributed by atoms with van der Waals surface area (Å²) in [6, 6.07) is 7.18. The van der Waals surface area contributed by atoms with Gasteiger partial charge in [-0.3, -0.25) is 0 Å². The summed E-state index contributed by atoms with van der Waals surface area (Å²) in [6.07, 6.45) is 0. The molecule has 0 radical (unpaired) electrons. The lowest BCUT2D eigenvalue weighted by molar-refractivity contribution is 0.0562. The molecule has 0 saturated heterocycles. The second-order valence-electron chi connectivity index (χ2n) is 4.19. The predicted molar refractivity (Wildman–Crippen MR) is 80.2 cm³/mol. The van der Waals surface area contributed by atoms with Gasteiger partial charge in [0.2, 0.25) is 5.76 Å². The minimum atomic E-state index is -0.468. The first kappa shape index (κ1) is 14.8. The topological polar surface area (TPSA) is 65.5 Å². The number of methoxy groups -OCH3 is 1. The molecular formula is C14H14ClNO3S. The maximum Gasteiger partial charge on any atom is 0.374 e. The van der Waals surface area contributed by atoms with Crippen LogP contribution in [0.3, 0.4) is 0 Å². The standard InChI is InChI=1S/C14H14ClNO3S/c1-8-5-10(19-13(8)14(17)18-2)7-20-12-4-3-9(15)6-11(12)16/h3-6H,7,16H2,1-2H3. The van der Waals surface area contributed by atoms with Crippen LogP contribution in [0.5, 0.6) is 0 Å². The van der Waals surface area contributed by atoms with Gasteiger partial charge in [-0.25, -0.2) is 4.79 Å². The molecule has 0 spiro atoms. The van der Waals surface area contributed by atoms with Crippen LogP contribution in [0.25, 0.3) is 0 Å². The number of carbonyl (C=O) groups is 1. The third kappa shape index (κ3) is 3.29. The van der Waals surface area contributed by atoms with E-state index in [4.69, 9.17) is 21.8 Å². The van der Waals surface area contributed by atoms with Gasteiger partial charge in [-0.05, 0) is 31.2 Å².